The number of ketones is 1. The molecule has 4 rings (SSSR count). The summed E-state index contributed by atoms with van der Waals surface area (Å²) >= 11 is 0. The Hall–Kier alpha value is -0.153. The molecule has 4 aliphatic carbocycles. The van der Waals surface area contributed by atoms with Crippen molar-refractivity contribution in [2.75, 3.05) is 0 Å². The monoisotopic (exact) mass is 348 g/mol. The molecule has 0 bridgehead atoms. The molecule has 4 saturated carbocycles. The number of Topliss-reactive ketones (excluding diaryl/α,β-unsaturated/α-hetero) is 1. The summed E-state index contributed by atoms with van der Waals surface area (Å²) in [5.41, 5.74) is 0.0478. The highest BCUT2D eigenvalue weighted by molar-refractivity contribution is 6.69. The lowest BCUT2D eigenvalue weighted by Crippen LogP contribution is -2.49. The van der Waals surface area contributed by atoms with E-state index >= 15 is 0 Å². The SMILES string of the molecule is C[C@]12CC[C@H]3[C@@H](CC[C@@H]4C[C@H](O[Si](C)(C)C)CC[C@@H]43)[C@@H]1CCC2=O. The van der Waals surface area contributed by atoms with Gasteiger partial charge in [-0.3, -0.25) is 4.79 Å². The molecule has 0 spiro atoms. The van der Waals surface area contributed by atoms with E-state index in [1.165, 1.54) is 51.4 Å². The van der Waals surface area contributed by atoms with E-state index in [0.717, 1.165) is 30.1 Å². The van der Waals surface area contributed by atoms with E-state index < -0.39 is 8.32 Å². The number of hydrogen-bond donors (Lipinski definition) is 0. The van der Waals surface area contributed by atoms with Crippen molar-refractivity contribution < 1.29 is 9.22 Å². The fraction of sp³-hybridized carbons (Fsp3) is 0.952. The maximum absolute atomic E-state index is 12.5. The van der Waals surface area contributed by atoms with Crippen LogP contribution in [-0.4, -0.2) is 20.2 Å². The van der Waals surface area contributed by atoms with E-state index in [-0.39, 0.29) is 5.41 Å². The maximum atomic E-state index is 12.5. The molecule has 0 aliphatic heterocycles. The summed E-state index contributed by atoms with van der Waals surface area (Å²) in [6.45, 7) is 9.28. The number of fused-ring (bicyclic) bond motifs is 5. The molecule has 0 aromatic heterocycles. The van der Waals surface area contributed by atoms with Crippen molar-refractivity contribution in [2.24, 2.45) is 35.0 Å². The minimum absolute atomic E-state index is 0.0478. The van der Waals surface area contributed by atoms with Gasteiger partial charge in [-0.15, -0.1) is 0 Å². The Morgan fingerprint density at radius 2 is 1.71 bits per heavy atom. The minimum atomic E-state index is -1.41. The molecule has 2 nitrogen and oxygen atoms in total. The third-order valence-electron chi connectivity index (χ3n) is 8.14. The van der Waals surface area contributed by atoms with Crippen molar-refractivity contribution in [3.8, 4) is 0 Å². The van der Waals surface area contributed by atoms with Crippen molar-refractivity contribution in [1.82, 2.24) is 0 Å². The van der Waals surface area contributed by atoms with Gasteiger partial charge in [0.25, 0.3) is 0 Å². The Morgan fingerprint density at radius 1 is 0.958 bits per heavy atom. The Labute approximate surface area is 149 Å². The van der Waals surface area contributed by atoms with Crippen molar-refractivity contribution in [1.29, 1.82) is 0 Å². The fourth-order valence-electron chi connectivity index (χ4n) is 7.19. The third-order valence-corrected chi connectivity index (χ3v) is 9.18. The lowest BCUT2D eigenvalue weighted by atomic mass is 9.50. The molecule has 0 saturated heterocycles. The van der Waals surface area contributed by atoms with Gasteiger partial charge >= 0.3 is 0 Å². The number of rotatable bonds is 2. The zero-order valence-corrected chi connectivity index (χ0v) is 17.1. The lowest BCUT2D eigenvalue weighted by molar-refractivity contribution is -0.133. The van der Waals surface area contributed by atoms with Crippen LogP contribution < -0.4 is 0 Å². The van der Waals surface area contributed by atoms with Gasteiger partial charge in [0.2, 0.25) is 0 Å². The molecular weight excluding hydrogens is 312 g/mol. The van der Waals surface area contributed by atoms with Crippen LogP contribution in [0.2, 0.25) is 19.6 Å². The highest BCUT2D eigenvalue weighted by atomic mass is 28.4. The van der Waals surface area contributed by atoms with Crippen LogP contribution in [0.15, 0.2) is 0 Å². The van der Waals surface area contributed by atoms with Crippen LogP contribution in [0.4, 0.5) is 0 Å². The average Bonchev–Trinajstić information content (AvgIpc) is 2.81. The molecule has 0 radical (unpaired) electrons. The van der Waals surface area contributed by atoms with Gasteiger partial charge < -0.3 is 4.43 Å². The van der Waals surface area contributed by atoms with Crippen molar-refractivity contribution in [3.63, 3.8) is 0 Å². The predicted molar refractivity (Wildman–Crippen MR) is 100 cm³/mol. The molecule has 7 atom stereocenters. The first-order valence-electron chi connectivity index (χ1n) is 10.5. The van der Waals surface area contributed by atoms with E-state index in [2.05, 4.69) is 26.6 Å². The molecule has 0 unspecified atom stereocenters. The van der Waals surface area contributed by atoms with Gasteiger partial charge in [-0.25, -0.2) is 0 Å². The molecule has 0 amide bonds. The second kappa shape index (κ2) is 5.94. The smallest absolute Gasteiger partial charge is 0.184 e. The lowest BCUT2D eigenvalue weighted by Gasteiger charge is -2.55. The van der Waals surface area contributed by atoms with Crippen LogP contribution in [0.3, 0.4) is 0 Å². The summed E-state index contributed by atoms with van der Waals surface area (Å²) in [6, 6.07) is 0. The zero-order chi connectivity index (χ0) is 17.1. The van der Waals surface area contributed by atoms with Crippen LogP contribution in [0.1, 0.15) is 64.7 Å². The first-order chi connectivity index (χ1) is 11.3. The topological polar surface area (TPSA) is 26.3 Å². The average molecular weight is 349 g/mol. The van der Waals surface area contributed by atoms with Gasteiger partial charge in [-0.2, -0.15) is 0 Å². The molecule has 24 heavy (non-hydrogen) atoms. The molecule has 0 N–H and O–H groups in total. The molecule has 136 valence electrons. The summed E-state index contributed by atoms with van der Waals surface area (Å²) in [5.74, 6) is 4.90. The van der Waals surface area contributed by atoms with Gasteiger partial charge in [0.1, 0.15) is 5.78 Å². The Kier molecular flexibility index (Phi) is 4.27. The molecule has 3 heteroatoms. The second-order valence-electron chi connectivity index (χ2n) is 10.5. The summed E-state index contributed by atoms with van der Waals surface area (Å²) in [6.07, 6.45) is 11.9. The van der Waals surface area contributed by atoms with Crippen molar-refractivity contribution in [2.45, 2.75) is 90.5 Å². The van der Waals surface area contributed by atoms with Crippen LogP contribution in [0, 0.1) is 35.0 Å². The molecule has 4 fully saturated rings. The normalized spacial score (nSPS) is 48.6. The first kappa shape index (κ1) is 17.3. The van der Waals surface area contributed by atoms with Crippen LogP contribution >= 0.6 is 0 Å². The number of hydrogen-bond acceptors (Lipinski definition) is 2. The Bertz CT molecular complexity index is 510. The van der Waals surface area contributed by atoms with Crippen molar-refractivity contribution >= 4 is 14.1 Å². The fourth-order valence-corrected chi connectivity index (χ4v) is 8.40. The van der Waals surface area contributed by atoms with Gasteiger partial charge in [-0.1, -0.05) is 6.92 Å². The summed E-state index contributed by atoms with van der Waals surface area (Å²) < 4.78 is 6.46. The summed E-state index contributed by atoms with van der Waals surface area (Å²) in [7, 11) is -1.41. The van der Waals surface area contributed by atoms with Crippen LogP contribution in [-0.2, 0) is 9.22 Å². The minimum Gasteiger partial charge on any atom is -0.415 e. The molecule has 0 aromatic rings. The van der Waals surface area contributed by atoms with E-state index in [1.54, 1.807) is 0 Å². The standard InChI is InChI=1S/C21H36O2Si/c1-21-12-11-17-16-8-6-15(23-24(2,3)4)13-14(16)5-7-18(17)19(21)9-10-20(21)22/h14-19H,5-13H2,1-4H3/t14-,15-,16+,17-,18-,19+,21+/m1/s1. The Balaban J connectivity index is 1.46. The predicted octanol–water partition coefficient (Wildman–Crippen LogP) is 5.43. The van der Waals surface area contributed by atoms with E-state index in [0.29, 0.717) is 17.8 Å². The quantitative estimate of drug-likeness (QED) is 0.622. The summed E-state index contributed by atoms with van der Waals surface area (Å²) in [5, 5.41) is 0. The van der Waals surface area contributed by atoms with Gasteiger partial charge in [0, 0.05) is 17.9 Å². The molecule has 0 aromatic carbocycles. The zero-order valence-electron chi connectivity index (χ0n) is 16.1. The van der Waals surface area contributed by atoms with Crippen molar-refractivity contribution in [3.05, 3.63) is 0 Å². The van der Waals surface area contributed by atoms with Crippen LogP contribution in [0.5, 0.6) is 0 Å². The van der Waals surface area contributed by atoms with Crippen LogP contribution in [0.25, 0.3) is 0 Å². The van der Waals surface area contributed by atoms with Gasteiger partial charge in [0.05, 0.1) is 0 Å². The Morgan fingerprint density at radius 3 is 2.46 bits per heavy atom. The molecule has 0 heterocycles. The first-order valence-corrected chi connectivity index (χ1v) is 13.9. The largest absolute Gasteiger partial charge is 0.415 e. The van der Waals surface area contributed by atoms with E-state index in [9.17, 15) is 4.79 Å². The third kappa shape index (κ3) is 2.84. The molecule has 4 aliphatic rings. The van der Waals surface area contributed by atoms with Gasteiger partial charge in [0.15, 0.2) is 8.32 Å². The highest BCUT2D eigenvalue weighted by Gasteiger charge is 2.56. The van der Waals surface area contributed by atoms with E-state index in [1.807, 2.05) is 0 Å². The number of carbonyl (C=O) groups is 1. The second-order valence-corrected chi connectivity index (χ2v) is 15.0. The highest BCUT2D eigenvalue weighted by Crippen LogP contribution is 2.61. The summed E-state index contributed by atoms with van der Waals surface area (Å²) in [4.78, 5) is 12.5. The number of carbonyl (C=O) groups excluding carboxylic acids is 1. The molecular formula is C21H36O2Si. The van der Waals surface area contributed by atoms with Gasteiger partial charge in [-0.05, 0) is 101 Å². The van der Waals surface area contributed by atoms with E-state index in [4.69, 9.17) is 4.43 Å². The maximum Gasteiger partial charge on any atom is 0.184 e.